The molecule has 3 rings (SSSR count). The molecule has 29 heavy (non-hydrogen) atoms. The third-order valence-electron chi connectivity index (χ3n) is 4.31. The third kappa shape index (κ3) is 4.60. The van der Waals surface area contributed by atoms with Gasteiger partial charge >= 0.3 is 5.69 Å². The van der Waals surface area contributed by atoms with Crippen molar-refractivity contribution >= 4 is 5.71 Å². The van der Waals surface area contributed by atoms with Crippen molar-refractivity contribution < 1.29 is 9.57 Å². The van der Waals surface area contributed by atoms with Crippen LogP contribution < -0.4 is 10.4 Å². The molecule has 0 atom stereocenters. The fourth-order valence-corrected chi connectivity index (χ4v) is 2.74. The Kier molecular flexibility index (Phi) is 6.23. The summed E-state index contributed by atoms with van der Waals surface area (Å²) in [6.45, 7) is 8.10. The van der Waals surface area contributed by atoms with E-state index in [1.165, 1.54) is 9.36 Å². The summed E-state index contributed by atoms with van der Waals surface area (Å²) >= 11 is 0. The first-order chi connectivity index (χ1) is 14.0. The molecule has 3 aromatic rings. The van der Waals surface area contributed by atoms with E-state index in [4.69, 9.17) is 9.57 Å². The summed E-state index contributed by atoms with van der Waals surface area (Å²) in [5, 5.41) is 11.7. The van der Waals surface area contributed by atoms with Crippen molar-refractivity contribution in [1.82, 2.24) is 19.8 Å². The molecule has 0 saturated heterocycles. The molecule has 0 amide bonds. The van der Waals surface area contributed by atoms with Gasteiger partial charge in [-0.05, 0) is 59.7 Å². The minimum atomic E-state index is -0.314. The van der Waals surface area contributed by atoms with E-state index in [-0.39, 0.29) is 12.3 Å². The molecule has 0 unspecified atom stereocenters. The van der Waals surface area contributed by atoms with Crippen molar-refractivity contribution in [2.75, 3.05) is 6.61 Å². The maximum absolute atomic E-state index is 12.2. The molecule has 8 heteroatoms. The normalized spacial score (nSPS) is 11.3. The van der Waals surface area contributed by atoms with Crippen molar-refractivity contribution in [2.45, 2.75) is 20.5 Å². The molecular formula is C21H23N5O3. The molecule has 0 saturated carbocycles. The maximum Gasteiger partial charge on any atom is 0.368 e. The van der Waals surface area contributed by atoms with Crippen LogP contribution in [0.15, 0.2) is 65.1 Å². The first kappa shape index (κ1) is 20.1. The fraction of sp³-hybridized carbons (Fsp3) is 0.238. The molecule has 0 aliphatic rings. The number of aryl methyl sites for hydroxylation is 2. The van der Waals surface area contributed by atoms with Crippen LogP contribution in [0.25, 0.3) is 5.69 Å². The zero-order valence-electron chi connectivity index (χ0n) is 16.7. The summed E-state index contributed by atoms with van der Waals surface area (Å²) in [5.74, 6) is 0.745. The molecule has 0 bridgehead atoms. The van der Waals surface area contributed by atoms with Gasteiger partial charge in [0.1, 0.15) is 19.0 Å². The number of hydrogen-bond donors (Lipinski definition) is 0. The molecule has 0 aliphatic heterocycles. The largest absolute Gasteiger partial charge is 0.489 e. The van der Waals surface area contributed by atoms with E-state index in [1.807, 2.05) is 56.3 Å². The quantitative estimate of drug-likeness (QED) is 0.254. The van der Waals surface area contributed by atoms with Gasteiger partial charge in [-0.3, -0.25) is 0 Å². The highest BCUT2D eigenvalue weighted by molar-refractivity contribution is 5.98. The topological polar surface area (TPSA) is 83.5 Å². The van der Waals surface area contributed by atoms with Crippen LogP contribution in [0, 0.1) is 6.92 Å². The highest BCUT2D eigenvalue weighted by Gasteiger charge is 2.12. The number of hydrogen-bond acceptors (Lipinski definition) is 6. The van der Waals surface area contributed by atoms with Gasteiger partial charge in [0.15, 0.2) is 0 Å². The Labute approximate surface area is 168 Å². The average Bonchev–Trinajstić information content (AvgIpc) is 3.06. The Morgan fingerprint density at radius 1 is 1.24 bits per heavy atom. The summed E-state index contributed by atoms with van der Waals surface area (Å²) in [5.41, 5.74) is 3.84. The molecule has 0 radical (unpaired) electrons. The van der Waals surface area contributed by atoms with E-state index < -0.39 is 0 Å². The van der Waals surface area contributed by atoms with Gasteiger partial charge in [-0.25, -0.2) is 4.79 Å². The molecule has 0 fully saturated rings. The van der Waals surface area contributed by atoms with Crippen LogP contribution in [0.3, 0.4) is 0 Å². The smallest absolute Gasteiger partial charge is 0.368 e. The first-order valence-corrected chi connectivity index (χ1v) is 9.10. The lowest BCUT2D eigenvalue weighted by molar-refractivity contribution is 0.175. The number of aromatic nitrogens is 4. The predicted molar refractivity (Wildman–Crippen MR) is 110 cm³/mol. The standard InChI is InChI=1S/C21H23N5O3/c1-5-12-29-22-16(3)17-10-11-20(15(2)13-17)28-14-18-8-6-7-9-19(18)26-21(27)25(4)23-24-26/h5-11,13H,1,12,14H2,2-4H3. The van der Waals surface area contributed by atoms with E-state index in [9.17, 15) is 4.79 Å². The maximum atomic E-state index is 12.2. The van der Waals surface area contributed by atoms with Gasteiger partial charge in [0.05, 0.1) is 11.4 Å². The van der Waals surface area contributed by atoms with Gasteiger partial charge in [-0.2, -0.15) is 9.36 Å². The van der Waals surface area contributed by atoms with Gasteiger partial charge in [0.25, 0.3) is 0 Å². The molecule has 150 valence electrons. The Balaban J connectivity index is 1.77. The predicted octanol–water partition coefficient (Wildman–Crippen LogP) is 2.78. The zero-order valence-corrected chi connectivity index (χ0v) is 16.7. The lowest BCUT2D eigenvalue weighted by atomic mass is 10.1. The van der Waals surface area contributed by atoms with E-state index in [1.54, 1.807) is 13.1 Å². The number of oxime groups is 1. The van der Waals surface area contributed by atoms with Crippen LogP contribution in [0.5, 0.6) is 5.75 Å². The minimum absolute atomic E-state index is 0.287. The second kappa shape index (κ2) is 9.01. The molecule has 0 spiro atoms. The van der Waals surface area contributed by atoms with E-state index >= 15 is 0 Å². The van der Waals surface area contributed by atoms with Gasteiger partial charge in [0.2, 0.25) is 0 Å². The average molecular weight is 393 g/mol. The lowest BCUT2D eigenvalue weighted by Crippen LogP contribution is -2.23. The number of ether oxygens (including phenoxy) is 1. The molecule has 2 aromatic carbocycles. The molecule has 0 aliphatic carbocycles. The van der Waals surface area contributed by atoms with Crippen LogP contribution in [-0.4, -0.2) is 32.1 Å². The van der Waals surface area contributed by atoms with Crippen molar-refractivity contribution in [2.24, 2.45) is 12.2 Å². The number of benzene rings is 2. The van der Waals surface area contributed by atoms with E-state index in [2.05, 4.69) is 22.2 Å². The van der Waals surface area contributed by atoms with Gasteiger partial charge in [-0.1, -0.05) is 36.0 Å². The highest BCUT2D eigenvalue weighted by Crippen LogP contribution is 2.22. The summed E-state index contributed by atoms with van der Waals surface area (Å²) in [7, 11) is 1.56. The Morgan fingerprint density at radius 3 is 2.72 bits per heavy atom. The van der Waals surface area contributed by atoms with Gasteiger partial charge in [0, 0.05) is 12.6 Å². The van der Waals surface area contributed by atoms with Crippen molar-refractivity contribution in [3.63, 3.8) is 0 Å². The number of nitrogens with zero attached hydrogens (tertiary/aromatic N) is 5. The summed E-state index contributed by atoms with van der Waals surface area (Å²) < 4.78 is 8.46. The number of rotatable bonds is 8. The molecule has 8 nitrogen and oxygen atoms in total. The fourth-order valence-electron chi connectivity index (χ4n) is 2.74. The minimum Gasteiger partial charge on any atom is -0.489 e. The molecule has 1 aromatic heterocycles. The molecular weight excluding hydrogens is 370 g/mol. The Hall–Kier alpha value is -3.68. The Morgan fingerprint density at radius 2 is 2.03 bits per heavy atom. The Bertz CT molecular complexity index is 1100. The zero-order chi connectivity index (χ0) is 20.8. The lowest BCUT2D eigenvalue weighted by Gasteiger charge is -2.13. The first-order valence-electron chi connectivity index (χ1n) is 9.10. The van der Waals surface area contributed by atoms with Crippen LogP contribution in [0.1, 0.15) is 23.6 Å². The SMILES string of the molecule is C=CCON=C(C)c1ccc(OCc2ccccc2-n2nnn(C)c2=O)c(C)c1. The summed E-state index contributed by atoms with van der Waals surface area (Å²) in [6.07, 6.45) is 1.64. The monoisotopic (exact) mass is 393 g/mol. The van der Waals surface area contributed by atoms with Gasteiger partial charge in [-0.15, -0.1) is 0 Å². The summed E-state index contributed by atoms with van der Waals surface area (Å²) in [6, 6.07) is 13.3. The second-order valence-electron chi connectivity index (χ2n) is 6.46. The summed E-state index contributed by atoms with van der Waals surface area (Å²) in [4.78, 5) is 17.3. The third-order valence-corrected chi connectivity index (χ3v) is 4.31. The van der Waals surface area contributed by atoms with Crippen LogP contribution in [0.2, 0.25) is 0 Å². The second-order valence-corrected chi connectivity index (χ2v) is 6.46. The van der Waals surface area contributed by atoms with Crippen LogP contribution in [0.4, 0.5) is 0 Å². The molecule has 0 N–H and O–H groups in total. The van der Waals surface area contributed by atoms with E-state index in [0.29, 0.717) is 12.3 Å². The number of tetrazole rings is 1. The van der Waals surface area contributed by atoms with Crippen molar-refractivity contribution in [1.29, 1.82) is 0 Å². The van der Waals surface area contributed by atoms with E-state index in [0.717, 1.165) is 28.2 Å². The number of para-hydroxylation sites is 1. The van der Waals surface area contributed by atoms with Crippen LogP contribution in [-0.2, 0) is 18.5 Å². The highest BCUT2D eigenvalue weighted by atomic mass is 16.6. The molecule has 1 heterocycles. The van der Waals surface area contributed by atoms with Crippen LogP contribution >= 0.6 is 0 Å². The van der Waals surface area contributed by atoms with Crippen molar-refractivity contribution in [3.8, 4) is 11.4 Å². The van der Waals surface area contributed by atoms with Crippen molar-refractivity contribution in [3.05, 3.63) is 82.3 Å². The van der Waals surface area contributed by atoms with Gasteiger partial charge < -0.3 is 9.57 Å².